The van der Waals surface area contributed by atoms with Crippen LogP contribution < -0.4 is 5.32 Å². The molecule has 0 radical (unpaired) electrons. The summed E-state index contributed by atoms with van der Waals surface area (Å²) in [6, 6.07) is -0.984. The number of carbonyl (C=O) groups excluding carboxylic acids is 2. The highest BCUT2D eigenvalue weighted by atomic mass is 16.5. The summed E-state index contributed by atoms with van der Waals surface area (Å²) in [5.41, 5.74) is -1.19. The number of likely N-dealkylation sites (tertiary alicyclic amines) is 1. The molecule has 0 aliphatic carbocycles. The van der Waals surface area contributed by atoms with Crippen LogP contribution in [0.2, 0.25) is 0 Å². The molecule has 1 heterocycles. The quantitative estimate of drug-likeness (QED) is 0.803. The Labute approximate surface area is 131 Å². The predicted molar refractivity (Wildman–Crippen MR) is 80.4 cm³/mol. The molecule has 0 aromatic heterocycles. The van der Waals surface area contributed by atoms with Crippen LogP contribution in [-0.4, -0.2) is 52.7 Å². The molecule has 0 unspecified atom stereocenters. The van der Waals surface area contributed by atoms with Crippen LogP contribution in [0.15, 0.2) is 0 Å². The highest BCUT2D eigenvalue weighted by Crippen LogP contribution is 2.37. The topological polar surface area (TPSA) is 95.9 Å². The van der Waals surface area contributed by atoms with Crippen molar-refractivity contribution in [3.05, 3.63) is 0 Å². The fraction of sp³-hybridized carbons (Fsp3) is 0.800. The van der Waals surface area contributed by atoms with Gasteiger partial charge in [0.1, 0.15) is 11.6 Å². The summed E-state index contributed by atoms with van der Waals surface area (Å²) in [5, 5.41) is 12.2. The van der Waals surface area contributed by atoms with Crippen LogP contribution in [0.4, 0.5) is 4.79 Å². The van der Waals surface area contributed by atoms with E-state index in [1.54, 1.807) is 20.8 Å². The van der Waals surface area contributed by atoms with Crippen molar-refractivity contribution < 1.29 is 24.2 Å². The second-order valence-corrected chi connectivity index (χ2v) is 6.14. The van der Waals surface area contributed by atoms with Crippen LogP contribution in [-0.2, 0) is 14.3 Å². The molecule has 0 bridgehead atoms. The van der Waals surface area contributed by atoms with Crippen molar-refractivity contribution in [2.45, 2.75) is 64.6 Å². The van der Waals surface area contributed by atoms with Crippen molar-refractivity contribution in [1.82, 2.24) is 10.2 Å². The molecule has 22 heavy (non-hydrogen) atoms. The van der Waals surface area contributed by atoms with Gasteiger partial charge in [0.2, 0.25) is 5.91 Å². The number of hydrogen-bond donors (Lipinski definition) is 2. The zero-order valence-corrected chi connectivity index (χ0v) is 13.9. The van der Waals surface area contributed by atoms with Gasteiger partial charge in [0, 0.05) is 6.04 Å². The summed E-state index contributed by atoms with van der Waals surface area (Å²) >= 11 is 0. The fourth-order valence-corrected chi connectivity index (χ4v) is 3.10. The van der Waals surface area contributed by atoms with E-state index in [2.05, 4.69) is 10.1 Å². The molecule has 3 atom stereocenters. The first-order valence-corrected chi connectivity index (χ1v) is 7.62. The van der Waals surface area contributed by atoms with Crippen molar-refractivity contribution in [1.29, 1.82) is 0 Å². The maximum Gasteiger partial charge on any atom is 0.407 e. The third kappa shape index (κ3) is 3.18. The predicted octanol–water partition coefficient (Wildman–Crippen LogP) is 1.61. The van der Waals surface area contributed by atoms with Crippen LogP contribution in [0, 0.1) is 5.92 Å². The smallest absolute Gasteiger partial charge is 0.407 e. The van der Waals surface area contributed by atoms with Gasteiger partial charge in [-0.2, -0.15) is 0 Å². The normalized spacial score (nSPS) is 25.9. The Morgan fingerprint density at radius 1 is 1.41 bits per heavy atom. The first kappa shape index (κ1) is 18.3. The molecule has 126 valence electrons. The number of ether oxygens (including phenoxy) is 1. The number of alkyl carbamates (subject to hydrolysis) is 1. The van der Waals surface area contributed by atoms with Gasteiger partial charge in [0.05, 0.1) is 7.11 Å². The van der Waals surface area contributed by atoms with Crippen LogP contribution >= 0.6 is 0 Å². The summed E-state index contributed by atoms with van der Waals surface area (Å²) in [7, 11) is 1.23. The van der Waals surface area contributed by atoms with E-state index in [-0.39, 0.29) is 17.9 Å². The van der Waals surface area contributed by atoms with Crippen LogP contribution in [0.5, 0.6) is 0 Å². The molecule has 1 saturated heterocycles. The zero-order valence-electron chi connectivity index (χ0n) is 13.9. The number of aliphatic carboxylic acids is 1. The number of nitrogens with zero attached hydrogens (tertiary/aromatic N) is 1. The maximum atomic E-state index is 12.9. The summed E-state index contributed by atoms with van der Waals surface area (Å²) in [6.45, 7) is 7.21. The fourth-order valence-electron chi connectivity index (χ4n) is 3.10. The van der Waals surface area contributed by atoms with E-state index in [1.807, 2.05) is 6.92 Å². The monoisotopic (exact) mass is 314 g/mol. The minimum Gasteiger partial charge on any atom is -0.479 e. The molecule has 7 nitrogen and oxygen atoms in total. The lowest BCUT2D eigenvalue weighted by Gasteiger charge is -2.39. The van der Waals surface area contributed by atoms with Gasteiger partial charge in [0.15, 0.2) is 0 Å². The third-order valence-electron chi connectivity index (χ3n) is 4.49. The number of carboxylic acid groups (broad SMARTS) is 1. The molecular formula is C15H26N2O5. The van der Waals surface area contributed by atoms with Crippen LogP contribution in [0.3, 0.4) is 0 Å². The zero-order chi connectivity index (χ0) is 17.1. The van der Waals surface area contributed by atoms with Crippen molar-refractivity contribution >= 4 is 18.0 Å². The Kier molecular flexibility index (Phi) is 5.79. The van der Waals surface area contributed by atoms with Crippen molar-refractivity contribution in [3.63, 3.8) is 0 Å². The minimum absolute atomic E-state index is 0.177. The Morgan fingerprint density at radius 3 is 2.41 bits per heavy atom. The van der Waals surface area contributed by atoms with E-state index in [1.165, 1.54) is 12.0 Å². The van der Waals surface area contributed by atoms with Gasteiger partial charge in [0.25, 0.3) is 0 Å². The summed E-state index contributed by atoms with van der Waals surface area (Å²) < 4.78 is 4.56. The Bertz CT molecular complexity index is 451. The standard InChI is InChI=1S/C15H26N2O5/c1-6-15(13(19)20)8-7-10(4)17(15)12(18)11(9(2)3)16-14(21)22-5/h9-11H,6-8H2,1-5H3,(H,16,21)(H,19,20)/t10-,11-,15-/m0/s1. The van der Waals surface area contributed by atoms with Crippen LogP contribution in [0.1, 0.15) is 47.0 Å². The third-order valence-corrected chi connectivity index (χ3v) is 4.49. The highest BCUT2D eigenvalue weighted by Gasteiger charge is 2.53. The lowest BCUT2D eigenvalue weighted by molar-refractivity contribution is -0.159. The summed E-state index contributed by atoms with van der Waals surface area (Å²) in [5.74, 6) is -1.54. The largest absolute Gasteiger partial charge is 0.479 e. The number of rotatable bonds is 5. The SMILES string of the molecule is CC[C@@]1(C(=O)O)CC[C@H](C)N1C(=O)[C@@H](NC(=O)OC)C(C)C. The van der Waals surface area contributed by atoms with Gasteiger partial charge in [-0.3, -0.25) is 4.79 Å². The number of amides is 2. The van der Waals surface area contributed by atoms with Gasteiger partial charge in [-0.1, -0.05) is 20.8 Å². The Balaban J connectivity index is 3.14. The summed E-state index contributed by atoms with van der Waals surface area (Å²) in [4.78, 5) is 37.6. The number of hydrogen-bond acceptors (Lipinski definition) is 4. The maximum absolute atomic E-state index is 12.9. The molecule has 7 heteroatoms. The highest BCUT2D eigenvalue weighted by molar-refractivity contribution is 5.92. The lowest BCUT2D eigenvalue weighted by atomic mass is 9.91. The van der Waals surface area contributed by atoms with Gasteiger partial charge >= 0.3 is 12.1 Å². The van der Waals surface area contributed by atoms with E-state index in [0.29, 0.717) is 19.3 Å². The van der Waals surface area contributed by atoms with E-state index in [4.69, 9.17) is 0 Å². The molecule has 2 amide bonds. The number of carbonyl (C=O) groups is 3. The van der Waals surface area contributed by atoms with Crippen molar-refractivity contribution in [2.75, 3.05) is 7.11 Å². The molecule has 1 rings (SSSR count). The van der Waals surface area contributed by atoms with Crippen molar-refractivity contribution in [2.24, 2.45) is 5.92 Å². The molecule has 0 spiro atoms. The molecular weight excluding hydrogens is 288 g/mol. The van der Waals surface area contributed by atoms with E-state index in [0.717, 1.165) is 0 Å². The molecule has 1 fully saturated rings. The van der Waals surface area contributed by atoms with Crippen LogP contribution in [0.25, 0.3) is 0 Å². The number of methoxy groups -OCH3 is 1. The Hall–Kier alpha value is -1.79. The van der Waals surface area contributed by atoms with E-state index in [9.17, 15) is 19.5 Å². The van der Waals surface area contributed by atoms with Gasteiger partial charge in [-0.05, 0) is 32.1 Å². The molecule has 1 aliphatic heterocycles. The average molecular weight is 314 g/mol. The average Bonchev–Trinajstić information content (AvgIpc) is 2.81. The van der Waals surface area contributed by atoms with Gasteiger partial charge in [-0.25, -0.2) is 9.59 Å². The number of carboxylic acids is 1. The first-order chi connectivity index (χ1) is 10.2. The first-order valence-electron chi connectivity index (χ1n) is 7.62. The molecule has 0 saturated carbocycles. The summed E-state index contributed by atoms with van der Waals surface area (Å²) in [6.07, 6.45) is 0.696. The Morgan fingerprint density at radius 2 is 2.00 bits per heavy atom. The minimum atomic E-state index is -1.19. The second kappa shape index (κ2) is 6.98. The van der Waals surface area contributed by atoms with E-state index < -0.39 is 23.6 Å². The molecule has 0 aromatic carbocycles. The molecule has 1 aliphatic rings. The van der Waals surface area contributed by atoms with Crippen molar-refractivity contribution in [3.8, 4) is 0 Å². The van der Waals surface area contributed by atoms with Gasteiger partial charge < -0.3 is 20.1 Å². The second-order valence-electron chi connectivity index (χ2n) is 6.14. The lowest BCUT2D eigenvalue weighted by Crippen LogP contribution is -2.61. The molecule has 2 N–H and O–H groups in total. The number of nitrogens with one attached hydrogen (secondary N) is 1. The molecule has 0 aromatic rings. The van der Waals surface area contributed by atoms with Gasteiger partial charge in [-0.15, -0.1) is 0 Å². The van der Waals surface area contributed by atoms with E-state index >= 15 is 0 Å².